The van der Waals surface area contributed by atoms with Crippen LogP contribution in [0.15, 0.2) is 47.4 Å². The molecular formula is C21H30N4O4S. The van der Waals surface area contributed by atoms with Gasteiger partial charge < -0.3 is 20.7 Å². The maximum absolute atomic E-state index is 12.8. The summed E-state index contributed by atoms with van der Waals surface area (Å²) in [7, 11) is -2.02. The number of sulfonamides is 1. The average Bonchev–Trinajstić information content (AvgIpc) is 2.74. The highest BCUT2D eigenvalue weighted by Crippen LogP contribution is 2.27. The number of methoxy groups -OCH3 is 1. The van der Waals surface area contributed by atoms with Gasteiger partial charge in [0.2, 0.25) is 15.9 Å². The Hall–Kier alpha value is -2.78. The summed E-state index contributed by atoms with van der Waals surface area (Å²) in [5.41, 5.74) is 1.93. The summed E-state index contributed by atoms with van der Waals surface area (Å²) >= 11 is 0. The molecule has 1 amide bonds. The molecule has 2 aromatic carbocycles. The Morgan fingerprint density at radius 1 is 0.967 bits per heavy atom. The minimum atomic E-state index is -3.60. The fraction of sp³-hybridized carbons (Fsp3) is 0.381. The predicted octanol–water partition coefficient (Wildman–Crippen LogP) is 3.21. The van der Waals surface area contributed by atoms with Gasteiger partial charge in [-0.15, -0.1) is 0 Å². The van der Waals surface area contributed by atoms with Crippen LogP contribution < -0.4 is 20.7 Å². The molecule has 8 nitrogen and oxygen atoms in total. The van der Waals surface area contributed by atoms with E-state index in [9.17, 15) is 13.2 Å². The summed E-state index contributed by atoms with van der Waals surface area (Å²) in [4.78, 5) is 12.5. The van der Waals surface area contributed by atoms with Crippen LogP contribution in [0.25, 0.3) is 0 Å². The Bertz CT molecular complexity index is 942. The fourth-order valence-corrected chi connectivity index (χ4v) is 4.43. The molecule has 9 heteroatoms. The standard InChI is InChI=1S/C21H30N4O4S/c1-5-22-19-13-12-18(30(27,28)25(6-2)7-3)14-20(19)23-15-21(26)24-16-8-10-17(29-4)11-9-16/h8-14,22-23H,5-7,15H2,1-4H3,(H,24,26). The van der Waals surface area contributed by atoms with Gasteiger partial charge >= 0.3 is 0 Å². The summed E-state index contributed by atoms with van der Waals surface area (Å²) in [6.45, 7) is 6.98. The third-order valence-electron chi connectivity index (χ3n) is 4.51. The minimum Gasteiger partial charge on any atom is -0.497 e. The minimum absolute atomic E-state index is 0.0147. The SMILES string of the molecule is CCNc1ccc(S(=O)(=O)N(CC)CC)cc1NCC(=O)Nc1ccc(OC)cc1. The second-order valence-electron chi connectivity index (χ2n) is 6.46. The molecule has 2 aromatic rings. The van der Waals surface area contributed by atoms with Gasteiger partial charge in [-0.25, -0.2) is 8.42 Å². The van der Waals surface area contributed by atoms with Crippen molar-refractivity contribution in [2.24, 2.45) is 0 Å². The van der Waals surface area contributed by atoms with Gasteiger partial charge in [0, 0.05) is 25.3 Å². The predicted molar refractivity (Wildman–Crippen MR) is 121 cm³/mol. The maximum Gasteiger partial charge on any atom is 0.243 e. The quantitative estimate of drug-likeness (QED) is 0.502. The van der Waals surface area contributed by atoms with Crippen LogP contribution in [0.4, 0.5) is 17.1 Å². The first-order chi connectivity index (χ1) is 14.3. The number of hydrogen-bond donors (Lipinski definition) is 3. The molecule has 0 spiro atoms. The lowest BCUT2D eigenvalue weighted by atomic mass is 10.2. The lowest BCUT2D eigenvalue weighted by Gasteiger charge is -2.20. The molecule has 0 aliphatic heterocycles. The van der Waals surface area contributed by atoms with Crippen molar-refractivity contribution in [2.75, 3.05) is 49.2 Å². The number of amides is 1. The Labute approximate surface area is 178 Å². The maximum atomic E-state index is 12.8. The lowest BCUT2D eigenvalue weighted by Crippen LogP contribution is -2.30. The second-order valence-corrected chi connectivity index (χ2v) is 8.40. The molecule has 0 unspecified atom stereocenters. The van der Waals surface area contributed by atoms with E-state index in [2.05, 4.69) is 16.0 Å². The Balaban J connectivity index is 2.16. The Kier molecular flexibility index (Phi) is 8.49. The van der Waals surface area contributed by atoms with Crippen molar-refractivity contribution < 1.29 is 17.9 Å². The zero-order valence-corrected chi connectivity index (χ0v) is 18.7. The molecule has 30 heavy (non-hydrogen) atoms. The van der Waals surface area contributed by atoms with Crippen LogP contribution >= 0.6 is 0 Å². The second kappa shape index (κ2) is 10.8. The molecule has 0 saturated carbocycles. The Morgan fingerprint density at radius 3 is 2.20 bits per heavy atom. The highest BCUT2D eigenvalue weighted by molar-refractivity contribution is 7.89. The molecule has 3 N–H and O–H groups in total. The van der Waals surface area contributed by atoms with Gasteiger partial charge in [0.05, 0.1) is 29.9 Å². The summed E-state index contributed by atoms with van der Waals surface area (Å²) in [5, 5.41) is 9.02. The van der Waals surface area contributed by atoms with E-state index in [0.717, 1.165) is 5.69 Å². The van der Waals surface area contributed by atoms with Gasteiger partial charge in [0.25, 0.3) is 0 Å². The van der Waals surface area contributed by atoms with Gasteiger partial charge in [0.1, 0.15) is 5.75 Å². The van der Waals surface area contributed by atoms with Gasteiger partial charge in [-0.1, -0.05) is 13.8 Å². The number of rotatable bonds is 11. The van der Waals surface area contributed by atoms with E-state index in [1.165, 1.54) is 4.31 Å². The van der Waals surface area contributed by atoms with E-state index in [-0.39, 0.29) is 17.3 Å². The molecule has 0 saturated heterocycles. The van der Waals surface area contributed by atoms with Gasteiger partial charge in [-0.3, -0.25) is 4.79 Å². The van der Waals surface area contributed by atoms with Crippen LogP contribution in [-0.4, -0.2) is 51.9 Å². The number of nitrogens with zero attached hydrogens (tertiary/aromatic N) is 1. The number of nitrogens with one attached hydrogen (secondary N) is 3. The fourth-order valence-electron chi connectivity index (χ4n) is 2.94. The number of ether oxygens (including phenoxy) is 1. The molecule has 2 rings (SSSR count). The molecule has 0 heterocycles. The topological polar surface area (TPSA) is 99.8 Å². The van der Waals surface area contributed by atoms with Crippen molar-refractivity contribution in [3.8, 4) is 5.75 Å². The number of benzene rings is 2. The number of hydrogen-bond acceptors (Lipinski definition) is 6. The smallest absolute Gasteiger partial charge is 0.243 e. The van der Waals surface area contributed by atoms with E-state index >= 15 is 0 Å². The van der Waals surface area contributed by atoms with Crippen LogP contribution in [-0.2, 0) is 14.8 Å². The number of anilines is 3. The number of carbonyl (C=O) groups excluding carboxylic acids is 1. The zero-order chi connectivity index (χ0) is 22.1. The lowest BCUT2D eigenvalue weighted by molar-refractivity contribution is -0.114. The number of carbonyl (C=O) groups is 1. The van der Waals surface area contributed by atoms with E-state index in [1.54, 1.807) is 63.4 Å². The van der Waals surface area contributed by atoms with Crippen molar-refractivity contribution in [1.29, 1.82) is 0 Å². The van der Waals surface area contributed by atoms with Crippen molar-refractivity contribution in [1.82, 2.24) is 4.31 Å². The van der Waals surface area contributed by atoms with Crippen molar-refractivity contribution in [2.45, 2.75) is 25.7 Å². The van der Waals surface area contributed by atoms with Crippen molar-refractivity contribution >= 4 is 33.0 Å². The third-order valence-corrected chi connectivity index (χ3v) is 6.56. The highest BCUT2D eigenvalue weighted by atomic mass is 32.2. The zero-order valence-electron chi connectivity index (χ0n) is 17.9. The summed E-state index contributed by atoms with van der Waals surface area (Å²) in [6.07, 6.45) is 0. The monoisotopic (exact) mass is 434 g/mol. The van der Waals surface area contributed by atoms with E-state index in [0.29, 0.717) is 36.8 Å². The first kappa shape index (κ1) is 23.5. The van der Waals surface area contributed by atoms with E-state index in [1.807, 2.05) is 6.92 Å². The molecule has 0 aromatic heterocycles. The van der Waals surface area contributed by atoms with Gasteiger partial charge in [0.15, 0.2) is 0 Å². The summed E-state index contributed by atoms with van der Waals surface area (Å²) in [6, 6.07) is 11.9. The molecular weight excluding hydrogens is 404 g/mol. The Morgan fingerprint density at radius 2 is 1.63 bits per heavy atom. The van der Waals surface area contributed by atoms with Gasteiger partial charge in [-0.05, 0) is 49.4 Å². The average molecular weight is 435 g/mol. The molecule has 0 aliphatic rings. The normalized spacial score (nSPS) is 11.2. The largest absolute Gasteiger partial charge is 0.497 e. The molecule has 164 valence electrons. The molecule has 0 radical (unpaired) electrons. The van der Waals surface area contributed by atoms with Gasteiger partial charge in [-0.2, -0.15) is 4.31 Å². The summed E-state index contributed by atoms with van der Waals surface area (Å²) in [5.74, 6) is 0.451. The first-order valence-corrected chi connectivity index (χ1v) is 11.4. The van der Waals surface area contributed by atoms with Crippen LogP contribution in [0.5, 0.6) is 5.75 Å². The first-order valence-electron chi connectivity index (χ1n) is 9.91. The van der Waals surface area contributed by atoms with E-state index < -0.39 is 10.0 Å². The van der Waals surface area contributed by atoms with Crippen molar-refractivity contribution in [3.05, 3.63) is 42.5 Å². The molecule has 0 atom stereocenters. The van der Waals surface area contributed by atoms with Crippen LogP contribution in [0.3, 0.4) is 0 Å². The van der Waals surface area contributed by atoms with Crippen LogP contribution in [0.2, 0.25) is 0 Å². The molecule has 0 aliphatic carbocycles. The van der Waals surface area contributed by atoms with Crippen LogP contribution in [0, 0.1) is 0 Å². The van der Waals surface area contributed by atoms with Crippen LogP contribution in [0.1, 0.15) is 20.8 Å². The third kappa shape index (κ3) is 5.87. The molecule has 0 bridgehead atoms. The highest BCUT2D eigenvalue weighted by Gasteiger charge is 2.22. The summed E-state index contributed by atoms with van der Waals surface area (Å²) < 4.78 is 32.2. The van der Waals surface area contributed by atoms with E-state index in [4.69, 9.17) is 4.74 Å². The van der Waals surface area contributed by atoms with Crippen molar-refractivity contribution in [3.63, 3.8) is 0 Å². The molecule has 0 fully saturated rings.